The largest absolute Gasteiger partial charge is 0.380 e. The van der Waals surface area contributed by atoms with Crippen LogP contribution in [0.5, 0.6) is 0 Å². The van der Waals surface area contributed by atoms with Gasteiger partial charge in [0, 0.05) is 4.88 Å². The first-order valence-corrected chi connectivity index (χ1v) is 6.47. The number of thiophene rings is 1. The summed E-state index contributed by atoms with van der Waals surface area (Å²) in [6.07, 6.45) is 6.87. The second kappa shape index (κ2) is 4.11. The minimum absolute atomic E-state index is 0.737. The van der Waals surface area contributed by atoms with E-state index in [1.165, 1.54) is 24.0 Å². The summed E-state index contributed by atoms with van der Waals surface area (Å²) >= 11 is 1.66. The van der Waals surface area contributed by atoms with Gasteiger partial charge in [0.1, 0.15) is 5.60 Å². The van der Waals surface area contributed by atoms with E-state index in [1.807, 2.05) is 6.92 Å². The fraction of sp³-hybridized carbons (Fsp3) is 0.538. The molecule has 1 atom stereocenters. The summed E-state index contributed by atoms with van der Waals surface area (Å²) in [5, 5.41) is 12.7. The highest BCUT2D eigenvalue weighted by atomic mass is 32.1. The van der Waals surface area contributed by atoms with E-state index >= 15 is 0 Å². The van der Waals surface area contributed by atoms with Gasteiger partial charge in [0.05, 0.1) is 0 Å². The van der Waals surface area contributed by atoms with Crippen LogP contribution in [0.25, 0.3) is 0 Å². The fourth-order valence-electron chi connectivity index (χ4n) is 2.30. The number of allylic oxidation sites excluding steroid dienone is 1. The van der Waals surface area contributed by atoms with E-state index in [1.54, 1.807) is 11.3 Å². The first-order chi connectivity index (χ1) is 7.12. The van der Waals surface area contributed by atoms with Crippen LogP contribution in [0.3, 0.4) is 0 Å². The normalized spacial score (nSPS) is 20.9. The zero-order chi connectivity index (χ0) is 10.9. The summed E-state index contributed by atoms with van der Waals surface area (Å²) in [4.78, 5) is 1.11. The lowest BCUT2D eigenvalue weighted by Crippen LogP contribution is -2.24. The zero-order valence-electron chi connectivity index (χ0n) is 9.42. The van der Waals surface area contributed by atoms with Crippen LogP contribution < -0.4 is 0 Å². The third-order valence-corrected chi connectivity index (χ3v) is 4.45. The quantitative estimate of drug-likeness (QED) is 0.755. The van der Waals surface area contributed by atoms with Gasteiger partial charge in [-0.25, -0.2) is 0 Å². The van der Waals surface area contributed by atoms with Crippen molar-refractivity contribution in [1.82, 2.24) is 0 Å². The molecule has 1 N–H and O–H groups in total. The Morgan fingerprint density at radius 1 is 1.40 bits per heavy atom. The van der Waals surface area contributed by atoms with Crippen LogP contribution >= 0.6 is 11.3 Å². The van der Waals surface area contributed by atoms with E-state index in [4.69, 9.17) is 0 Å². The van der Waals surface area contributed by atoms with Crippen molar-refractivity contribution in [3.63, 3.8) is 0 Å². The summed E-state index contributed by atoms with van der Waals surface area (Å²) < 4.78 is 0. The van der Waals surface area contributed by atoms with E-state index in [0.717, 1.165) is 17.7 Å². The van der Waals surface area contributed by atoms with Crippen LogP contribution in [0, 0.1) is 6.92 Å². The van der Waals surface area contributed by atoms with Crippen LogP contribution in [0.4, 0.5) is 0 Å². The fourth-order valence-corrected chi connectivity index (χ4v) is 3.32. The van der Waals surface area contributed by atoms with Crippen molar-refractivity contribution in [2.45, 2.75) is 45.1 Å². The predicted molar refractivity (Wildman–Crippen MR) is 65.2 cm³/mol. The molecule has 2 rings (SSSR count). The van der Waals surface area contributed by atoms with Crippen molar-refractivity contribution >= 4 is 11.3 Å². The Hall–Kier alpha value is -0.600. The molecule has 1 heterocycles. The van der Waals surface area contributed by atoms with Gasteiger partial charge in [0.2, 0.25) is 0 Å². The average molecular weight is 222 g/mol. The third kappa shape index (κ3) is 2.01. The van der Waals surface area contributed by atoms with Crippen molar-refractivity contribution < 1.29 is 5.11 Å². The van der Waals surface area contributed by atoms with Crippen molar-refractivity contribution in [1.29, 1.82) is 0 Å². The van der Waals surface area contributed by atoms with Gasteiger partial charge in [-0.2, -0.15) is 0 Å². The first-order valence-electron chi connectivity index (χ1n) is 5.59. The lowest BCUT2D eigenvalue weighted by molar-refractivity contribution is 0.0947. The summed E-state index contributed by atoms with van der Waals surface area (Å²) in [5.41, 5.74) is 1.68. The maximum absolute atomic E-state index is 10.6. The molecule has 0 spiro atoms. The standard InChI is InChI=1S/C13H18OS/c1-10-8-9-15-12(10)13(2,14)11-6-4-3-5-7-11/h6,8-9,14H,3-5,7H2,1-2H3. The molecular formula is C13H18OS. The lowest BCUT2D eigenvalue weighted by Gasteiger charge is -2.29. The van der Waals surface area contributed by atoms with Gasteiger partial charge in [-0.05, 0) is 62.1 Å². The molecule has 0 aliphatic heterocycles. The smallest absolute Gasteiger partial charge is 0.117 e. The maximum Gasteiger partial charge on any atom is 0.117 e. The number of hydrogen-bond donors (Lipinski definition) is 1. The molecule has 0 saturated carbocycles. The van der Waals surface area contributed by atoms with Crippen molar-refractivity contribution in [2.24, 2.45) is 0 Å². The van der Waals surface area contributed by atoms with Gasteiger partial charge in [0.15, 0.2) is 0 Å². The van der Waals surface area contributed by atoms with Crippen LogP contribution in [0.15, 0.2) is 23.1 Å². The molecule has 1 aliphatic rings. The zero-order valence-corrected chi connectivity index (χ0v) is 10.2. The SMILES string of the molecule is Cc1ccsc1C(C)(O)C1=CCCCC1. The summed E-state index contributed by atoms with van der Waals surface area (Å²) in [6.45, 7) is 4.01. The lowest BCUT2D eigenvalue weighted by atomic mass is 9.85. The van der Waals surface area contributed by atoms with Crippen LogP contribution in [0.2, 0.25) is 0 Å². The minimum Gasteiger partial charge on any atom is -0.380 e. The Morgan fingerprint density at radius 2 is 2.20 bits per heavy atom. The van der Waals surface area contributed by atoms with Crippen LogP contribution in [-0.2, 0) is 5.60 Å². The Balaban J connectivity index is 2.33. The Kier molecular flexibility index (Phi) is 2.98. The Bertz CT molecular complexity index is 374. The summed E-state index contributed by atoms with van der Waals surface area (Å²) in [6, 6.07) is 2.08. The van der Waals surface area contributed by atoms with E-state index in [2.05, 4.69) is 24.4 Å². The van der Waals surface area contributed by atoms with Crippen LogP contribution in [-0.4, -0.2) is 5.11 Å². The minimum atomic E-state index is -0.737. The predicted octanol–water partition coefficient (Wildman–Crippen LogP) is 3.76. The van der Waals surface area contributed by atoms with E-state index in [-0.39, 0.29) is 0 Å². The molecule has 2 heteroatoms. The molecule has 1 aliphatic carbocycles. The van der Waals surface area contributed by atoms with E-state index in [0.29, 0.717) is 0 Å². The number of rotatable bonds is 2. The van der Waals surface area contributed by atoms with E-state index < -0.39 is 5.60 Å². The topological polar surface area (TPSA) is 20.2 Å². The highest BCUT2D eigenvalue weighted by Crippen LogP contribution is 2.38. The average Bonchev–Trinajstić information content (AvgIpc) is 2.66. The summed E-state index contributed by atoms with van der Waals surface area (Å²) in [7, 11) is 0. The highest BCUT2D eigenvalue weighted by molar-refractivity contribution is 7.10. The first kappa shape index (κ1) is 10.9. The summed E-state index contributed by atoms with van der Waals surface area (Å²) in [5.74, 6) is 0. The van der Waals surface area contributed by atoms with Crippen molar-refractivity contribution in [3.8, 4) is 0 Å². The van der Waals surface area contributed by atoms with Gasteiger partial charge in [-0.3, -0.25) is 0 Å². The molecule has 15 heavy (non-hydrogen) atoms. The molecule has 0 aromatic carbocycles. The molecule has 0 saturated heterocycles. The molecule has 0 radical (unpaired) electrons. The van der Waals surface area contributed by atoms with Gasteiger partial charge in [-0.15, -0.1) is 11.3 Å². The maximum atomic E-state index is 10.6. The van der Waals surface area contributed by atoms with Crippen molar-refractivity contribution in [3.05, 3.63) is 33.5 Å². The molecule has 1 unspecified atom stereocenters. The number of aliphatic hydroxyl groups is 1. The third-order valence-electron chi connectivity index (χ3n) is 3.22. The highest BCUT2D eigenvalue weighted by Gasteiger charge is 2.30. The van der Waals surface area contributed by atoms with Gasteiger partial charge in [-0.1, -0.05) is 6.08 Å². The molecule has 0 amide bonds. The Labute approximate surface area is 95.5 Å². The van der Waals surface area contributed by atoms with Crippen molar-refractivity contribution in [2.75, 3.05) is 0 Å². The molecule has 1 nitrogen and oxygen atoms in total. The monoisotopic (exact) mass is 222 g/mol. The molecule has 1 aromatic heterocycles. The van der Waals surface area contributed by atoms with E-state index in [9.17, 15) is 5.11 Å². The van der Waals surface area contributed by atoms with Gasteiger partial charge in [0.25, 0.3) is 0 Å². The molecule has 0 fully saturated rings. The van der Waals surface area contributed by atoms with Crippen LogP contribution in [0.1, 0.15) is 43.0 Å². The second-order valence-corrected chi connectivity index (χ2v) is 5.40. The second-order valence-electron chi connectivity index (χ2n) is 4.48. The molecule has 1 aromatic rings. The van der Waals surface area contributed by atoms with Gasteiger partial charge >= 0.3 is 0 Å². The number of aryl methyl sites for hydroxylation is 1. The molecule has 82 valence electrons. The molecule has 0 bridgehead atoms. The molecular weight excluding hydrogens is 204 g/mol. The number of hydrogen-bond acceptors (Lipinski definition) is 2. The van der Waals surface area contributed by atoms with Gasteiger partial charge < -0.3 is 5.11 Å². The Morgan fingerprint density at radius 3 is 2.73 bits per heavy atom.